The summed E-state index contributed by atoms with van der Waals surface area (Å²) in [5.41, 5.74) is 0. The van der Waals surface area contributed by atoms with Crippen LogP contribution in [0.1, 0.15) is 175 Å². The fourth-order valence-electron chi connectivity index (χ4n) is 4.88. The lowest BCUT2D eigenvalue weighted by atomic mass is 10.1. The number of allylic oxidation sites excluding steroid dienone is 4. The number of unbranched alkanes of at least 4 members (excludes halogenated alkanes) is 18. The second-order valence-electron chi connectivity index (χ2n) is 12.0. The lowest BCUT2D eigenvalue weighted by Gasteiger charge is -2.15. The molecule has 0 bridgehead atoms. The Balaban J connectivity index is 4.08. The number of carbonyl (C=O) groups excluding carboxylic acids is 2. The highest BCUT2D eigenvalue weighted by atomic mass is 31.1. The van der Waals surface area contributed by atoms with Gasteiger partial charge in [-0.1, -0.05) is 115 Å². The van der Waals surface area contributed by atoms with Crippen LogP contribution in [0, 0.1) is 0 Å². The number of carbonyl (C=O) groups is 2. The van der Waals surface area contributed by atoms with Crippen LogP contribution in [0.2, 0.25) is 0 Å². The number of ether oxygens (including phenoxy) is 2. The highest BCUT2D eigenvalue weighted by Crippen LogP contribution is 2.24. The van der Waals surface area contributed by atoms with Gasteiger partial charge in [-0.25, -0.2) is 0 Å². The third kappa shape index (κ3) is 33.6. The fraction of sp³-hybridized carbons (Fsp3) is 0.838. The van der Waals surface area contributed by atoms with Crippen LogP contribution < -0.4 is 0 Å². The normalized spacial score (nSPS) is 12.6. The largest absolute Gasteiger partial charge is 0.697 e. The molecule has 0 aromatic heterocycles. The van der Waals surface area contributed by atoms with Gasteiger partial charge in [-0.05, 0) is 71.1 Å². The first-order chi connectivity index (χ1) is 22.0. The maximum Gasteiger partial charge on any atom is 0.697 e. The molecule has 0 N–H and O–H groups in total. The molecule has 8 heteroatoms. The third-order valence-corrected chi connectivity index (χ3v) is 8.44. The lowest BCUT2D eigenvalue weighted by Crippen LogP contribution is -2.29. The Labute approximate surface area is 277 Å². The fourth-order valence-corrected chi connectivity index (χ4v) is 5.45. The van der Waals surface area contributed by atoms with E-state index in [1.807, 2.05) is 0 Å². The van der Waals surface area contributed by atoms with Crippen LogP contribution in [-0.4, -0.2) is 37.9 Å². The van der Waals surface area contributed by atoms with Crippen molar-refractivity contribution < 1.29 is 32.7 Å². The van der Waals surface area contributed by atoms with Gasteiger partial charge in [0.2, 0.25) is 0 Å². The quantitative estimate of drug-likeness (QED) is 0.0295. The summed E-state index contributed by atoms with van der Waals surface area (Å²) in [5.74, 6) is -0.675. The van der Waals surface area contributed by atoms with Gasteiger partial charge in [-0.2, -0.15) is 0 Å². The molecule has 45 heavy (non-hydrogen) atoms. The van der Waals surface area contributed by atoms with Crippen LogP contribution in [0.5, 0.6) is 0 Å². The average molecular weight is 656 g/mol. The van der Waals surface area contributed by atoms with Gasteiger partial charge in [0.25, 0.3) is 0 Å². The van der Waals surface area contributed by atoms with Crippen molar-refractivity contribution in [2.24, 2.45) is 0 Å². The first-order valence-electron chi connectivity index (χ1n) is 18.4. The van der Waals surface area contributed by atoms with Crippen molar-refractivity contribution in [3.05, 3.63) is 24.3 Å². The van der Waals surface area contributed by atoms with E-state index in [1.165, 1.54) is 83.5 Å². The van der Waals surface area contributed by atoms with Gasteiger partial charge in [0.05, 0.1) is 0 Å². The van der Waals surface area contributed by atoms with Gasteiger partial charge < -0.3 is 9.47 Å². The molecular formula is C37H68O7P+. The van der Waals surface area contributed by atoms with Gasteiger partial charge in [-0.3, -0.25) is 9.59 Å². The highest BCUT2D eigenvalue weighted by Gasteiger charge is 2.25. The predicted molar refractivity (Wildman–Crippen MR) is 186 cm³/mol. The Bertz CT molecular complexity index is 753. The molecule has 0 aromatic carbocycles. The molecule has 0 rings (SSSR count). The molecule has 262 valence electrons. The third-order valence-electron chi connectivity index (χ3n) is 7.61. The summed E-state index contributed by atoms with van der Waals surface area (Å²) in [4.78, 5) is 24.7. The standard InChI is InChI=1S/C37H68O7P/c1-4-7-9-11-13-15-17-19-21-23-25-27-29-31-36(38)41-33-35(34-43-45(40)42-6-3)44-37(39)32-30-28-26-24-22-20-18-16-14-12-10-8-5-2/h15-18,35H,4-14,19-34H2,1-3H3/q+1/b17-15-,18-16-/t35-/m1/s1. The van der Waals surface area contributed by atoms with Crippen molar-refractivity contribution in [3.63, 3.8) is 0 Å². The Morgan fingerprint density at radius 2 is 0.956 bits per heavy atom. The summed E-state index contributed by atoms with van der Waals surface area (Å²) in [5, 5.41) is 0. The summed E-state index contributed by atoms with van der Waals surface area (Å²) in [6.07, 6.45) is 34.5. The topological polar surface area (TPSA) is 88.1 Å². The minimum absolute atomic E-state index is 0.114. The zero-order chi connectivity index (χ0) is 33.1. The lowest BCUT2D eigenvalue weighted by molar-refractivity contribution is -0.161. The zero-order valence-corrected chi connectivity index (χ0v) is 30.2. The maximum atomic E-state index is 12.4. The van der Waals surface area contributed by atoms with Crippen molar-refractivity contribution in [2.45, 2.75) is 181 Å². The molecule has 0 heterocycles. The molecule has 0 saturated heterocycles. The van der Waals surface area contributed by atoms with Crippen molar-refractivity contribution in [3.8, 4) is 0 Å². The number of rotatable bonds is 34. The van der Waals surface area contributed by atoms with E-state index in [-0.39, 0.29) is 31.8 Å². The van der Waals surface area contributed by atoms with E-state index in [2.05, 4.69) is 38.2 Å². The second-order valence-corrected chi connectivity index (χ2v) is 13.0. The minimum atomic E-state index is -2.31. The monoisotopic (exact) mass is 655 g/mol. The molecule has 0 saturated carbocycles. The van der Waals surface area contributed by atoms with Crippen LogP contribution in [0.15, 0.2) is 24.3 Å². The summed E-state index contributed by atoms with van der Waals surface area (Å²) < 4.78 is 32.8. The van der Waals surface area contributed by atoms with Crippen molar-refractivity contribution in [1.29, 1.82) is 0 Å². The Hall–Kier alpha value is -1.56. The molecule has 2 atom stereocenters. The molecule has 0 radical (unpaired) electrons. The number of esters is 2. The molecule has 0 aromatic rings. The average Bonchev–Trinajstić information content (AvgIpc) is 3.03. The number of hydrogen-bond acceptors (Lipinski definition) is 7. The zero-order valence-electron chi connectivity index (χ0n) is 29.3. The molecular weight excluding hydrogens is 587 g/mol. The summed E-state index contributed by atoms with van der Waals surface area (Å²) >= 11 is 0. The Morgan fingerprint density at radius 1 is 0.533 bits per heavy atom. The molecule has 0 spiro atoms. The van der Waals surface area contributed by atoms with E-state index < -0.39 is 14.4 Å². The predicted octanol–water partition coefficient (Wildman–Crippen LogP) is 11.7. The van der Waals surface area contributed by atoms with Crippen LogP contribution in [0.25, 0.3) is 0 Å². The van der Waals surface area contributed by atoms with E-state index >= 15 is 0 Å². The second kappa shape index (κ2) is 35.3. The SMILES string of the molecule is CCCCCC/C=C\CCCCCCCC(=O)OC[C@H](CO[P+](=O)OCC)OC(=O)CCCCCCC/C=C\CCCCCC. The molecule has 1 unspecified atom stereocenters. The minimum Gasteiger partial charge on any atom is -0.462 e. The van der Waals surface area contributed by atoms with Crippen LogP contribution in [0.4, 0.5) is 0 Å². The molecule has 7 nitrogen and oxygen atoms in total. The Morgan fingerprint density at radius 3 is 1.42 bits per heavy atom. The van der Waals surface area contributed by atoms with E-state index in [1.54, 1.807) is 6.92 Å². The molecule has 0 fully saturated rings. The van der Waals surface area contributed by atoms with Gasteiger partial charge in [0.15, 0.2) is 6.10 Å². The molecule has 0 aliphatic rings. The van der Waals surface area contributed by atoms with E-state index in [9.17, 15) is 14.2 Å². The van der Waals surface area contributed by atoms with Crippen LogP contribution in [-0.2, 0) is 32.7 Å². The van der Waals surface area contributed by atoms with Crippen molar-refractivity contribution in [1.82, 2.24) is 0 Å². The van der Waals surface area contributed by atoms with Gasteiger partial charge in [-0.15, -0.1) is 9.05 Å². The Kier molecular flexibility index (Phi) is 34.1. The van der Waals surface area contributed by atoms with E-state index in [0.29, 0.717) is 12.8 Å². The van der Waals surface area contributed by atoms with E-state index in [0.717, 1.165) is 57.8 Å². The van der Waals surface area contributed by atoms with E-state index in [4.69, 9.17) is 18.5 Å². The summed E-state index contributed by atoms with van der Waals surface area (Å²) in [6, 6.07) is 0. The molecule has 0 amide bonds. The van der Waals surface area contributed by atoms with Gasteiger partial charge in [0, 0.05) is 17.4 Å². The highest BCUT2D eigenvalue weighted by molar-refractivity contribution is 7.33. The van der Waals surface area contributed by atoms with Crippen LogP contribution >= 0.6 is 8.25 Å². The van der Waals surface area contributed by atoms with Gasteiger partial charge in [0.1, 0.15) is 19.8 Å². The molecule has 0 aliphatic heterocycles. The first-order valence-corrected chi connectivity index (χ1v) is 19.5. The molecule has 0 aliphatic carbocycles. The van der Waals surface area contributed by atoms with Gasteiger partial charge >= 0.3 is 20.2 Å². The summed E-state index contributed by atoms with van der Waals surface area (Å²) in [7, 11) is -2.31. The first kappa shape index (κ1) is 43.4. The smallest absolute Gasteiger partial charge is 0.462 e. The van der Waals surface area contributed by atoms with Crippen molar-refractivity contribution >= 4 is 20.2 Å². The van der Waals surface area contributed by atoms with Crippen LogP contribution in [0.3, 0.4) is 0 Å². The van der Waals surface area contributed by atoms with Crippen molar-refractivity contribution in [2.75, 3.05) is 19.8 Å². The number of hydrogen-bond donors (Lipinski definition) is 0. The maximum absolute atomic E-state index is 12.4. The summed E-state index contributed by atoms with van der Waals surface area (Å²) in [6.45, 7) is 6.18.